The average Bonchev–Trinajstić information content (AvgIpc) is 2.56. The van der Waals surface area contributed by atoms with Crippen molar-refractivity contribution in [1.82, 2.24) is 0 Å². The third kappa shape index (κ3) is 4.13. The molecule has 0 spiro atoms. The Morgan fingerprint density at radius 1 is 1.17 bits per heavy atom. The molecule has 0 aromatic heterocycles. The summed E-state index contributed by atoms with van der Waals surface area (Å²) < 4.78 is 5.36. The van der Waals surface area contributed by atoms with Crippen molar-refractivity contribution in [2.24, 2.45) is 5.92 Å². The van der Waals surface area contributed by atoms with Crippen LogP contribution >= 0.6 is 0 Å². The van der Waals surface area contributed by atoms with Gasteiger partial charge in [0, 0.05) is 0 Å². The van der Waals surface area contributed by atoms with Gasteiger partial charge in [-0.25, -0.2) is 0 Å². The summed E-state index contributed by atoms with van der Waals surface area (Å²) in [7, 11) is 1.61. The number of hydrogen-bond acceptors (Lipinski definition) is 2. The van der Waals surface area contributed by atoms with Gasteiger partial charge < -0.3 is 10.1 Å². The summed E-state index contributed by atoms with van der Waals surface area (Å²) in [4.78, 5) is 12.9. The second kappa shape index (κ2) is 7.82. The maximum absolute atomic E-state index is 12.9. The van der Waals surface area contributed by atoms with E-state index >= 15 is 0 Å². The minimum atomic E-state index is -0.175. The predicted octanol–water partition coefficient (Wildman–Crippen LogP) is 4.77. The van der Waals surface area contributed by atoms with Crippen LogP contribution in [0.3, 0.4) is 0 Å². The lowest BCUT2D eigenvalue weighted by Crippen LogP contribution is -2.26. The van der Waals surface area contributed by atoms with E-state index < -0.39 is 0 Å². The monoisotopic (exact) mass is 311 g/mol. The summed E-state index contributed by atoms with van der Waals surface area (Å²) in [6.07, 6.45) is 0.942. The molecule has 0 aliphatic heterocycles. The van der Waals surface area contributed by atoms with Crippen molar-refractivity contribution >= 4 is 11.6 Å². The van der Waals surface area contributed by atoms with Crippen molar-refractivity contribution in [1.29, 1.82) is 0 Å². The highest BCUT2D eigenvalue weighted by Gasteiger charge is 2.26. The fourth-order valence-electron chi connectivity index (χ4n) is 2.76. The molecule has 1 N–H and O–H groups in total. The number of carbonyl (C=O) groups is 1. The van der Waals surface area contributed by atoms with Crippen LogP contribution in [0.4, 0.5) is 5.69 Å². The van der Waals surface area contributed by atoms with Gasteiger partial charge in [-0.15, -0.1) is 0 Å². The van der Waals surface area contributed by atoms with Crippen molar-refractivity contribution in [2.75, 3.05) is 12.4 Å². The van der Waals surface area contributed by atoms with Crippen LogP contribution in [0.5, 0.6) is 5.75 Å². The minimum absolute atomic E-state index is 0.00875. The van der Waals surface area contributed by atoms with Crippen LogP contribution in [0.1, 0.15) is 37.3 Å². The van der Waals surface area contributed by atoms with Crippen molar-refractivity contribution < 1.29 is 9.53 Å². The van der Waals surface area contributed by atoms with Gasteiger partial charge in [-0.2, -0.15) is 0 Å². The molecule has 0 heterocycles. The zero-order chi connectivity index (χ0) is 16.8. The fraction of sp³-hybridized carbons (Fsp3) is 0.350. The van der Waals surface area contributed by atoms with Crippen LogP contribution in [0.15, 0.2) is 48.5 Å². The third-order valence-corrected chi connectivity index (χ3v) is 4.27. The van der Waals surface area contributed by atoms with Crippen molar-refractivity contribution in [3.63, 3.8) is 0 Å². The maximum Gasteiger partial charge on any atom is 0.232 e. The smallest absolute Gasteiger partial charge is 0.232 e. The number of anilines is 1. The Labute approximate surface area is 138 Å². The number of carbonyl (C=O) groups excluding carboxylic acids is 1. The molecule has 0 unspecified atom stereocenters. The molecule has 0 bridgehead atoms. The van der Waals surface area contributed by atoms with Gasteiger partial charge in [0.2, 0.25) is 5.91 Å². The zero-order valence-electron chi connectivity index (χ0n) is 14.3. The molecule has 2 aromatic rings. The number of amides is 1. The standard InChI is InChI=1S/C20H25NO2/c1-5-15(3)19(16-9-7-6-8-10-16)20(22)21-17-13-14(2)11-12-18(17)23-4/h6-13,15,19H,5H2,1-4H3,(H,21,22)/t15-,19-/m0/s1. The molecule has 2 atom stereocenters. The second-order valence-corrected chi connectivity index (χ2v) is 5.97. The largest absolute Gasteiger partial charge is 0.495 e. The second-order valence-electron chi connectivity index (χ2n) is 5.97. The van der Waals surface area contributed by atoms with E-state index in [0.717, 1.165) is 23.2 Å². The Morgan fingerprint density at radius 2 is 1.87 bits per heavy atom. The molecular formula is C20H25NO2. The van der Waals surface area contributed by atoms with Gasteiger partial charge in [0.15, 0.2) is 0 Å². The van der Waals surface area contributed by atoms with E-state index in [2.05, 4.69) is 19.2 Å². The SMILES string of the molecule is CC[C@H](C)[C@H](C(=O)Nc1cc(C)ccc1OC)c1ccccc1. The van der Waals surface area contributed by atoms with E-state index in [0.29, 0.717) is 5.75 Å². The molecule has 122 valence electrons. The molecule has 23 heavy (non-hydrogen) atoms. The van der Waals surface area contributed by atoms with Crippen LogP contribution in [-0.4, -0.2) is 13.0 Å². The van der Waals surface area contributed by atoms with Crippen LogP contribution in [-0.2, 0) is 4.79 Å². The molecule has 1 amide bonds. The van der Waals surface area contributed by atoms with Crippen LogP contribution in [0.2, 0.25) is 0 Å². The number of methoxy groups -OCH3 is 1. The molecule has 0 aliphatic carbocycles. The van der Waals surface area contributed by atoms with E-state index in [1.54, 1.807) is 7.11 Å². The summed E-state index contributed by atoms with van der Waals surface area (Å²) in [5.41, 5.74) is 2.86. The zero-order valence-corrected chi connectivity index (χ0v) is 14.3. The number of aryl methyl sites for hydroxylation is 1. The Balaban J connectivity index is 2.30. The Bertz CT molecular complexity index is 652. The molecule has 0 saturated heterocycles. The van der Waals surface area contributed by atoms with Gasteiger partial charge in [0.25, 0.3) is 0 Å². The third-order valence-electron chi connectivity index (χ3n) is 4.27. The summed E-state index contributed by atoms with van der Waals surface area (Å²) in [6.45, 7) is 6.23. The number of nitrogens with one attached hydrogen (secondary N) is 1. The highest BCUT2D eigenvalue weighted by atomic mass is 16.5. The van der Waals surface area contributed by atoms with Crippen LogP contribution in [0.25, 0.3) is 0 Å². The highest BCUT2D eigenvalue weighted by Crippen LogP contribution is 2.31. The van der Waals surface area contributed by atoms with Gasteiger partial charge >= 0.3 is 0 Å². The van der Waals surface area contributed by atoms with E-state index in [1.807, 2.05) is 55.5 Å². The molecular weight excluding hydrogens is 286 g/mol. The Kier molecular flexibility index (Phi) is 5.80. The van der Waals surface area contributed by atoms with E-state index in [4.69, 9.17) is 4.74 Å². The summed E-state index contributed by atoms with van der Waals surface area (Å²) in [6, 6.07) is 15.8. The highest BCUT2D eigenvalue weighted by molar-refractivity contribution is 5.97. The molecule has 0 fully saturated rings. The molecule has 3 heteroatoms. The molecule has 2 rings (SSSR count). The number of rotatable bonds is 6. The van der Waals surface area contributed by atoms with Crippen LogP contribution in [0, 0.1) is 12.8 Å². The molecule has 3 nitrogen and oxygen atoms in total. The lowest BCUT2D eigenvalue weighted by molar-refractivity contribution is -0.118. The first-order chi connectivity index (χ1) is 11.1. The van der Waals surface area contributed by atoms with Gasteiger partial charge in [-0.3, -0.25) is 4.79 Å². The first-order valence-corrected chi connectivity index (χ1v) is 8.07. The normalized spacial score (nSPS) is 13.2. The molecule has 2 aromatic carbocycles. The topological polar surface area (TPSA) is 38.3 Å². The quantitative estimate of drug-likeness (QED) is 0.834. The first kappa shape index (κ1) is 17.1. The predicted molar refractivity (Wildman–Crippen MR) is 95.0 cm³/mol. The Hall–Kier alpha value is -2.29. The summed E-state index contributed by atoms with van der Waals surface area (Å²) in [5.74, 6) is 0.772. The van der Waals surface area contributed by atoms with Crippen LogP contribution < -0.4 is 10.1 Å². The molecule has 0 saturated carbocycles. The van der Waals surface area contributed by atoms with Crippen molar-refractivity contribution in [3.05, 3.63) is 59.7 Å². The summed E-state index contributed by atoms with van der Waals surface area (Å²) in [5, 5.41) is 3.05. The lowest BCUT2D eigenvalue weighted by atomic mass is 9.85. The van der Waals surface area contributed by atoms with Crippen molar-refractivity contribution in [2.45, 2.75) is 33.1 Å². The average molecular weight is 311 g/mol. The number of benzene rings is 2. The lowest BCUT2D eigenvalue weighted by Gasteiger charge is -2.23. The molecule has 0 aliphatic rings. The van der Waals surface area contributed by atoms with Crippen molar-refractivity contribution in [3.8, 4) is 5.75 Å². The summed E-state index contributed by atoms with van der Waals surface area (Å²) >= 11 is 0. The van der Waals surface area contributed by atoms with Gasteiger partial charge in [0.1, 0.15) is 5.75 Å². The Morgan fingerprint density at radius 3 is 2.48 bits per heavy atom. The minimum Gasteiger partial charge on any atom is -0.495 e. The fourth-order valence-corrected chi connectivity index (χ4v) is 2.76. The number of hydrogen-bond donors (Lipinski definition) is 1. The van der Waals surface area contributed by atoms with E-state index in [1.165, 1.54) is 0 Å². The van der Waals surface area contributed by atoms with Gasteiger partial charge in [0.05, 0.1) is 18.7 Å². The van der Waals surface area contributed by atoms with Gasteiger partial charge in [-0.1, -0.05) is 56.7 Å². The van der Waals surface area contributed by atoms with E-state index in [-0.39, 0.29) is 17.7 Å². The van der Waals surface area contributed by atoms with E-state index in [9.17, 15) is 4.79 Å². The maximum atomic E-state index is 12.9. The van der Waals surface area contributed by atoms with Gasteiger partial charge in [-0.05, 0) is 36.1 Å². The number of ether oxygens (including phenoxy) is 1. The first-order valence-electron chi connectivity index (χ1n) is 8.07. The molecule has 0 radical (unpaired) electrons.